The number of aliphatic hydroxyl groups is 1. The van der Waals surface area contributed by atoms with Crippen LogP contribution in [0.25, 0.3) is 11.2 Å². The van der Waals surface area contributed by atoms with Gasteiger partial charge in [-0.15, -0.1) is 0 Å². The largest absolute Gasteiger partial charge is 0.391 e. The lowest BCUT2D eigenvalue weighted by Crippen LogP contribution is -2.25. The molecule has 1 fully saturated rings. The van der Waals surface area contributed by atoms with Crippen LogP contribution in [-0.2, 0) is 0 Å². The molecule has 0 bridgehead atoms. The van der Waals surface area contributed by atoms with Crippen LogP contribution in [0.2, 0.25) is 0 Å². The Morgan fingerprint density at radius 1 is 1.18 bits per heavy atom. The molecule has 3 aromatic rings. The Hall–Kier alpha value is -2.54. The quantitative estimate of drug-likeness (QED) is 0.754. The Kier molecular flexibility index (Phi) is 3.00. The summed E-state index contributed by atoms with van der Waals surface area (Å²) in [7, 11) is 0. The number of aliphatic hydroxyl groups excluding tert-OH is 1. The highest BCUT2D eigenvalue weighted by atomic mass is 19.1. The molecule has 2 aromatic heterocycles. The fourth-order valence-electron chi connectivity index (χ4n) is 3.02. The van der Waals surface area contributed by atoms with Crippen LogP contribution in [0, 0.1) is 5.82 Å². The van der Waals surface area contributed by atoms with Crippen molar-refractivity contribution in [2.24, 2.45) is 0 Å². The molecule has 1 aliphatic heterocycles. The summed E-state index contributed by atoms with van der Waals surface area (Å²) >= 11 is 0. The number of halogens is 1. The lowest BCUT2D eigenvalue weighted by molar-refractivity contribution is 0.194. The van der Waals surface area contributed by atoms with Gasteiger partial charge in [0.1, 0.15) is 17.7 Å². The van der Waals surface area contributed by atoms with Gasteiger partial charge >= 0.3 is 0 Å². The summed E-state index contributed by atoms with van der Waals surface area (Å²) in [6, 6.07) is 6.30. The number of hydrogen-bond donors (Lipinski definition) is 2. The molecule has 6 nitrogen and oxygen atoms in total. The standard InChI is InChI=1S/C15H14FN5O/c16-10-3-1-9(2-4-10)12-5-11(22)6-21(12)15-13-14(18-7-17-13)19-8-20-15/h1-4,7-8,11-12,22H,5-6H2,(H,17,18,19,20)/t11-,12-/m0/s1. The molecule has 7 heteroatoms. The second-order valence-corrected chi connectivity index (χ2v) is 5.41. The summed E-state index contributed by atoms with van der Waals surface area (Å²) in [6.07, 6.45) is 3.15. The Bertz CT molecular complexity index is 803. The molecule has 2 N–H and O–H groups in total. The van der Waals surface area contributed by atoms with Gasteiger partial charge in [-0.25, -0.2) is 19.3 Å². The molecule has 4 rings (SSSR count). The molecule has 112 valence electrons. The molecule has 0 radical (unpaired) electrons. The molecule has 22 heavy (non-hydrogen) atoms. The number of aromatic nitrogens is 4. The van der Waals surface area contributed by atoms with Gasteiger partial charge in [0.2, 0.25) is 0 Å². The van der Waals surface area contributed by atoms with E-state index in [9.17, 15) is 9.50 Å². The molecular weight excluding hydrogens is 285 g/mol. The maximum atomic E-state index is 13.1. The molecule has 0 saturated carbocycles. The van der Waals surface area contributed by atoms with Gasteiger partial charge in [-0.3, -0.25) is 0 Å². The number of benzene rings is 1. The summed E-state index contributed by atoms with van der Waals surface area (Å²) < 4.78 is 13.1. The smallest absolute Gasteiger partial charge is 0.182 e. The summed E-state index contributed by atoms with van der Waals surface area (Å²) in [5.74, 6) is 0.431. The van der Waals surface area contributed by atoms with Crippen molar-refractivity contribution in [3.8, 4) is 0 Å². The van der Waals surface area contributed by atoms with Crippen LogP contribution in [0.15, 0.2) is 36.9 Å². The molecule has 2 atom stereocenters. The SMILES string of the molecule is O[C@H]1C[C@@H](c2ccc(F)cc2)N(c2ncnc3nc[nH]c23)C1. The highest BCUT2D eigenvalue weighted by Gasteiger charge is 2.34. The van der Waals surface area contributed by atoms with Gasteiger partial charge in [-0.05, 0) is 24.1 Å². The number of nitrogens with zero attached hydrogens (tertiary/aromatic N) is 4. The van der Waals surface area contributed by atoms with E-state index in [0.29, 0.717) is 24.4 Å². The van der Waals surface area contributed by atoms with Crippen molar-refractivity contribution in [3.63, 3.8) is 0 Å². The maximum absolute atomic E-state index is 13.1. The van der Waals surface area contributed by atoms with Crippen LogP contribution in [0.3, 0.4) is 0 Å². The van der Waals surface area contributed by atoms with Crippen LogP contribution in [0.1, 0.15) is 18.0 Å². The van der Waals surface area contributed by atoms with Crippen molar-refractivity contribution in [1.29, 1.82) is 0 Å². The summed E-state index contributed by atoms with van der Waals surface area (Å²) in [5, 5.41) is 10.1. The van der Waals surface area contributed by atoms with E-state index in [0.717, 1.165) is 11.1 Å². The third-order valence-corrected chi connectivity index (χ3v) is 4.01. The summed E-state index contributed by atoms with van der Waals surface area (Å²) in [5.41, 5.74) is 2.28. The zero-order valence-electron chi connectivity index (χ0n) is 11.6. The van der Waals surface area contributed by atoms with Gasteiger partial charge in [0.25, 0.3) is 0 Å². The van der Waals surface area contributed by atoms with Gasteiger partial charge in [0.05, 0.1) is 18.5 Å². The van der Waals surface area contributed by atoms with Crippen LogP contribution in [0.4, 0.5) is 10.2 Å². The number of β-amino-alcohol motifs (C(OH)–C–C–N with tert-alkyl or cyclic N) is 1. The number of nitrogens with one attached hydrogen (secondary N) is 1. The fourth-order valence-corrected chi connectivity index (χ4v) is 3.02. The highest BCUT2D eigenvalue weighted by Crippen LogP contribution is 2.37. The minimum absolute atomic E-state index is 0.0583. The van der Waals surface area contributed by atoms with Crippen LogP contribution >= 0.6 is 0 Å². The van der Waals surface area contributed by atoms with Crippen LogP contribution < -0.4 is 4.90 Å². The number of rotatable bonds is 2. The van der Waals surface area contributed by atoms with Crippen molar-refractivity contribution in [2.45, 2.75) is 18.6 Å². The predicted molar refractivity (Wildman–Crippen MR) is 78.8 cm³/mol. The Labute approximate surface area is 125 Å². The number of aromatic amines is 1. The van der Waals surface area contributed by atoms with E-state index in [2.05, 4.69) is 19.9 Å². The summed E-state index contributed by atoms with van der Waals surface area (Å²) in [4.78, 5) is 17.6. The van der Waals surface area contributed by atoms with E-state index < -0.39 is 6.10 Å². The molecule has 1 aliphatic rings. The number of H-pyrrole nitrogens is 1. The maximum Gasteiger partial charge on any atom is 0.182 e. The average Bonchev–Trinajstić information content (AvgIpc) is 3.14. The van der Waals surface area contributed by atoms with Crippen molar-refractivity contribution in [1.82, 2.24) is 19.9 Å². The number of anilines is 1. The third kappa shape index (κ3) is 2.10. The van der Waals surface area contributed by atoms with E-state index in [4.69, 9.17) is 0 Å². The van der Waals surface area contributed by atoms with Crippen molar-refractivity contribution < 1.29 is 9.50 Å². The monoisotopic (exact) mass is 299 g/mol. The molecular formula is C15H14FN5O. The normalized spacial score (nSPS) is 21.6. The number of imidazole rings is 1. The number of hydrogen-bond acceptors (Lipinski definition) is 5. The number of fused-ring (bicyclic) bond motifs is 1. The van der Waals surface area contributed by atoms with E-state index >= 15 is 0 Å². The summed E-state index contributed by atoms with van der Waals surface area (Å²) in [6.45, 7) is 0.465. The van der Waals surface area contributed by atoms with E-state index in [1.165, 1.54) is 18.5 Å². The van der Waals surface area contributed by atoms with E-state index in [1.807, 2.05) is 4.90 Å². The molecule has 1 aromatic carbocycles. The van der Waals surface area contributed by atoms with Crippen molar-refractivity contribution in [3.05, 3.63) is 48.3 Å². The van der Waals surface area contributed by atoms with Gasteiger partial charge in [-0.1, -0.05) is 12.1 Å². The Balaban J connectivity index is 1.78. The van der Waals surface area contributed by atoms with Crippen molar-refractivity contribution in [2.75, 3.05) is 11.4 Å². The first-order valence-corrected chi connectivity index (χ1v) is 7.06. The van der Waals surface area contributed by atoms with Crippen LogP contribution in [-0.4, -0.2) is 37.7 Å². The predicted octanol–water partition coefficient (Wildman–Crippen LogP) is 1.80. The first-order chi connectivity index (χ1) is 10.7. The average molecular weight is 299 g/mol. The van der Waals surface area contributed by atoms with Crippen molar-refractivity contribution >= 4 is 17.0 Å². The molecule has 3 heterocycles. The van der Waals surface area contributed by atoms with E-state index in [1.54, 1.807) is 18.5 Å². The highest BCUT2D eigenvalue weighted by molar-refractivity contribution is 5.83. The fraction of sp³-hybridized carbons (Fsp3) is 0.267. The first-order valence-electron chi connectivity index (χ1n) is 7.06. The van der Waals surface area contributed by atoms with Gasteiger partial charge in [-0.2, -0.15) is 0 Å². The zero-order valence-corrected chi connectivity index (χ0v) is 11.6. The lowest BCUT2D eigenvalue weighted by Gasteiger charge is -2.25. The Morgan fingerprint density at radius 3 is 2.82 bits per heavy atom. The van der Waals surface area contributed by atoms with Gasteiger partial charge in [0, 0.05) is 6.54 Å². The molecule has 1 saturated heterocycles. The second kappa shape index (κ2) is 5.03. The molecule has 0 aliphatic carbocycles. The van der Waals surface area contributed by atoms with E-state index in [-0.39, 0.29) is 11.9 Å². The molecule has 0 amide bonds. The minimum atomic E-state index is -0.456. The van der Waals surface area contributed by atoms with Gasteiger partial charge < -0.3 is 15.0 Å². The first kappa shape index (κ1) is 13.1. The second-order valence-electron chi connectivity index (χ2n) is 5.41. The Morgan fingerprint density at radius 2 is 2.00 bits per heavy atom. The van der Waals surface area contributed by atoms with Crippen LogP contribution in [0.5, 0.6) is 0 Å². The zero-order chi connectivity index (χ0) is 15.1. The lowest BCUT2D eigenvalue weighted by atomic mass is 10.0. The third-order valence-electron chi connectivity index (χ3n) is 4.01. The molecule has 0 spiro atoms. The topological polar surface area (TPSA) is 77.9 Å². The minimum Gasteiger partial charge on any atom is -0.391 e. The molecule has 0 unspecified atom stereocenters. The van der Waals surface area contributed by atoms with Gasteiger partial charge in [0.15, 0.2) is 11.5 Å².